The largest absolute Gasteiger partial charge is 0.743 e. The number of aromatic hydroxyl groups is 1. The molecule has 3 saturated heterocycles. The summed E-state index contributed by atoms with van der Waals surface area (Å²) >= 11 is 0. The van der Waals surface area contributed by atoms with Crippen LogP contribution in [0.3, 0.4) is 0 Å². The summed E-state index contributed by atoms with van der Waals surface area (Å²) in [5, 5.41) is 7.02. The number of fused-ring (bicyclic) bond motifs is 3. The summed E-state index contributed by atoms with van der Waals surface area (Å²) in [6, 6.07) is 52.5. The topological polar surface area (TPSA) is 192 Å². The number of phenolic OH excluding ortho intramolecular Hbond substituents is 1. The zero-order valence-electron chi connectivity index (χ0n) is 52.8. The molecule has 6 aromatic rings. The first-order chi connectivity index (χ1) is 41.5. The van der Waals surface area contributed by atoms with Crippen molar-refractivity contribution in [3.63, 3.8) is 0 Å². The number of benzene rings is 6. The van der Waals surface area contributed by atoms with Crippen LogP contribution in [0.25, 0.3) is 10.8 Å². The minimum Gasteiger partial charge on any atom is -0.743 e. The molecule has 0 radical (unpaired) electrons. The highest BCUT2D eigenvalue weighted by atomic mass is 32.2. The molecule has 3 heterocycles. The van der Waals surface area contributed by atoms with Gasteiger partial charge < -0.3 is 33.3 Å². The van der Waals surface area contributed by atoms with E-state index in [-0.39, 0.29) is 58.4 Å². The summed E-state index contributed by atoms with van der Waals surface area (Å²) in [5.41, 5.74) is 2.00. The highest BCUT2D eigenvalue weighted by molar-refractivity contribution is 7.97. The molecule has 3 aliphatic heterocycles. The van der Waals surface area contributed by atoms with Gasteiger partial charge in [0.15, 0.2) is 43.1 Å². The molecule has 3 fully saturated rings. The maximum atomic E-state index is 13.0. The van der Waals surface area contributed by atoms with Crippen molar-refractivity contribution in [1.29, 1.82) is 0 Å². The smallest absolute Gasteiger partial charge is 0.369 e. The normalized spacial score (nSPS) is 20.1. The van der Waals surface area contributed by atoms with Crippen molar-refractivity contribution in [3.05, 3.63) is 168 Å². The van der Waals surface area contributed by atoms with Crippen molar-refractivity contribution in [2.45, 2.75) is 203 Å². The van der Waals surface area contributed by atoms with Gasteiger partial charge in [0.25, 0.3) is 0 Å². The van der Waals surface area contributed by atoms with Crippen molar-refractivity contribution < 1.29 is 69.7 Å². The van der Waals surface area contributed by atoms with Crippen LogP contribution in [-0.2, 0) is 70.3 Å². The number of alkyl halides is 2. The molecule has 17 heteroatoms. The van der Waals surface area contributed by atoms with E-state index in [1.165, 1.54) is 57.0 Å². The van der Waals surface area contributed by atoms with Crippen molar-refractivity contribution in [1.82, 2.24) is 0 Å². The van der Waals surface area contributed by atoms with Crippen molar-refractivity contribution in [3.8, 4) is 5.75 Å². The van der Waals surface area contributed by atoms with Gasteiger partial charge in [-0.2, -0.15) is 8.78 Å². The van der Waals surface area contributed by atoms with Gasteiger partial charge in [0.05, 0.1) is 39.2 Å². The first-order valence-electron chi connectivity index (χ1n) is 30.5. The minimum absolute atomic E-state index is 0.0146. The highest BCUT2D eigenvalue weighted by Gasteiger charge is 2.65. The number of hydrogen-bond donors (Lipinski definition) is 1. The molecule has 1 aliphatic carbocycles. The van der Waals surface area contributed by atoms with Gasteiger partial charge in [-0.1, -0.05) is 138 Å². The average molecular weight is 1250 g/mol. The van der Waals surface area contributed by atoms with Crippen LogP contribution >= 0.6 is 0 Å². The number of ether oxygens (including phenoxy) is 5. The molecule has 0 aromatic heterocycles. The fraction of sp³-hybridized carbons (Fsp3) is 0.465. The first kappa shape index (κ1) is 70.4. The zero-order chi connectivity index (χ0) is 64.8. The second kappa shape index (κ2) is 30.7. The van der Waals surface area contributed by atoms with Crippen LogP contribution in [0.5, 0.6) is 5.75 Å². The molecule has 8 atom stereocenters. The van der Waals surface area contributed by atoms with Gasteiger partial charge >= 0.3 is 29.1 Å². The molecule has 13 nitrogen and oxygen atoms in total. The predicted molar refractivity (Wildman–Crippen MR) is 338 cm³/mol. The fourth-order valence-electron chi connectivity index (χ4n) is 9.85. The van der Waals surface area contributed by atoms with E-state index in [2.05, 4.69) is 146 Å². The van der Waals surface area contributed by atoms with Crippen LogP contribution in [0.1, 0.15) is 163 Å². The SMILES string of the molecule is CCC(C)(C)C(=O)OC(C)C(F)(F)S(=O)(=O)[O-].CCC(C)(C)C(=O)OC1C2CC3C(=O)OC1C3O2.CCC(C)(C)C(=O)OC1CCCCc2ccccc21.CCC(C)c1ccc2cc(O)ccc2c1.c1ccc([S+](c2ccccc2)c2ccccc2)cc1. The Balaban J connectivity index is 0.000000176. The fourth-order valence-corrected chi connectivity index (χ4v) is 12.4. The van der Waals surface area contributed by atoms with Crippen LogP contribution in [0.4, 0.5) is 8.78 Å². The molecule has 0 amide bonds. The molecule has 0 saturated carbocycles. The molecule has 6 aromatic carbocycles. The van der Waals surface area contributed by atoms with E-state index in [0.29, 0.717) is 37.9 Å². The lowest BCUT2D eigenvalue weighted by Gasteiger charge is -2.29. The van der Waals surface area contributed by atoms with E-state index in [0.717, 1.165) is 37.5 Å². The molecule has 0 spiro atoms. The molecule has 8 unspecified atom stereocenters. The average Bonchev–Trinajstić information content (AvgIpc) is 2.76. The second-order valence-electron chi connectivity index (χ2n) is 24.7. The predicted octanol–water partition coefficient (Wildman–Crippen LogP) is 15.8. The van der Waals surface area contributed by atoms with E-state index < -0.39 is 50.5 Å². The Labute approximate surface area is 522 Å². The number of aryl methyl sites for hydroxylation is 1. The first-order valence-corrected chi connectivity index (χ1v) is 33.2. The zero-order valence-corrected chi connectivity index (χ0v) is 54.5. The highest BCUT2D eigenvalue weighted by Crippen LogP contribution is 2.48. The lowest BCUT2D eigenvalue weighted by molar-refractivity contribution is -0.170. The molecule has 4 aliphatic rings. The van der Waals surface area contributed by atoms with Gasteiger partial charge in [-0.3, -0.25) is 19.2 Å². The lowest BCUT2D eigenvalue weighted by atomic mass is 9.87. The third kappa shape index (κ3) is 17.8. The van der Waals surface area contributed by atoms with E-state index in [1.807, 2.05) is 53.7 Å². The Morgan fingerprint density at radius 2 is 1.15 bits per heavy atom. The molecule has 88 heavy (non-hydrogen) atoms. The standard InChI is InChI=1S/C18H15S.C17H24O2.C14H16O.C13H18O5.C9H16F2O5S/c1-4-10-16(11-5-1)19(17-12-6-2-7-13-17)18-14-8-3-9-15-18;1-4-17(2,3)16(18)19-15-12-8-6-10-13-9-5-7-11-14(13)15;1-3-10(2)11-4-5-13-9-14(15)7-6-12(13)8-11;1-4-13(2,3)12(15)18-9-7-5-6-8(16-7)10(9)17-11(6)14;1-5-8(3,4)7(12)16-6(2)9(10,11)17(13,14)15/h1-15H;5,7,9,11,15H,4,6,8,10,12H2,1-3H3;4-10,15H,3H2,1-2H3;6-10H,4-5H2,1-3H3;6H,5H2,1-4H3,(H,13,14,15)/q+1;;;;/p-1. The lowest BCUT2D eigenvalue weighted by Crippen LogP contribution is -2.44. The van der Waals surface area contributed by atoms with Crippen LogP contribution < -0.4 is 0 Å². The minimum atomic E-state index is -5.86. The van der Waals surface area contributed by atoms with E-state index in [1.54, 1.807) is 19.1 Å². The molecule has 1 N–H and O–H groups in total. The van der Waals surface area contributed by atoms with Crippen LogP contribution in [-0.4, -0.2) is 77.7 Å². The number of phenols is 1. The number of rotatable bonds is 16. The Morgan fingerprint density at radius 3 is 1.67 bits per heavy atom. The van der Waals surface area contributed by atoms with Gasteiger partial charge in [0, 0.05) is 0 Å². The van der Waals surface area contributed by atoms with Crippen molar-refractivity contribution in [2.75, 3.05) is 0 Å². The Hall–Kier alpha value is -6.66. The van der Waals surface area contributed by atoms with Crippen LogP contribution in [0.15, 0.2) is 166 Å². The van der Waals surface area contributed by atoms with Gasteiger partial charge in [0.1, 0.15) is 18.0 Å². The number of hydrogen-bond acceptors (Lipinski definition) is 13. The number of halogens is 2. The summed E-state index contributed by atoms with van der Waals surface area (Å²) in [5.74, 6) is -0.713. The molecular weight excluding hydrogens is 1160 g/mol. The van der Waals surface area contributed by atoms with E-state index in [9.17, 15) is 46.0 Å². The molecular formula is C71H88F2O13S2. The molecule has 2 bridgehead atoms. The van der Waals surface area contributed by atoms with Crippen molar-refractivity contribution >= 4 is 55.7 Å². The summed E-state index contributed by atoms with van der Waals surface area (Å²) in [6.07, 6.45) is 4.40. The summed E-state index contributed by atoms with van der Waals surface area (Å²) < 4.78 is 83.5. The Morgan fingerprint density at radius 1 is 0.659 bits per heavy atom. The van der Waals surface area contributed by atoms with Crippen LogP contribution in [0.2, 0.25) is 0 Å². The summed E-state index contributed by atoms with van der Waals surface area (Å²) in [7, 11) is -5.87. The second-order valence-corrected chi connectivity index (χ2v) is 28.2. The quantitative estimate of drug-likeness (QED) is 0.0317. The van der Waals surface area contributed by atoms with E-state index >= 15 is 0 Å². The Bertz CT molecular complexity index is 3280. The number of carbonyl (C=O) groups is 4. The monoisotopic (exact) mass is 1250 g/mol. The maximum Gasteiger partial charge on any atom is 0.369 e. The van der Waals surface area contributed by atoms with Gasteiger partial charge in [-0.15, -0.1) is 0 Å². The van der Waals surface area contributed by atoms with Gasteiger partial charge in [-0.05, 0) is 188 Å². The molecule has 476 valence electrons. The third-order valence-electron chi connectivity index (χ3n) is 17.2. The van der Waals surface area contributed by atoms with Gasteiger partial charge in [-0.25, -0.2) is 8.42 Å². The summed E-state index contributed by atoms with van der Waals surface area (Å²) in [6.45, 7) is 21.3. The van der Waals surface area contributed by atoms with Crippen molar-refractivity contribution in [2.24, 2.45) is 22.2 Å². The number of esters is 4. The number of carbonyl (C=O) groups excluding carboxylic acids is 4. The molecule has 10 rings (SSSR count). The van der Waals surface area contributed by atoms with Gasteiger partial charge in [0.2, 0.25) is 0 Å². The van der Waals surface area contributed by atoms with E-state index in [4.69, 9.17) is 18.9 Å². The summed E-state index contributed by atoms with van der Waals surface area (Å²) in [4.78, 5) is 51.4. The Kier molecular flexibility index (Phi) is 24.6. The maximum absolute atomic E-state index is 13.0. The third-order valence-corrected chi connectivity index (χ3v) is 20.4. The van der Waals surface area contributed by atoms with Crippen LogP contribution in [0, 0.1) is 22.2 Å².